The summed E-state index contributed by atoms with van der Waals surface area (Å²) in [4.78, 5) is 22.6. The Morgan fingerprint density at radius 1 is 0.739 bits per heavy atom. The van der Waals surface area contributed by atoms with E-state index in [1.807, 2.05) is 0 Å². The van der Waals surface area contributed by atoms with Gasteiger partial charge in [0.05, 0.1) is 0 Å². The highest BCUT2D eigenvalue weighted by molar-refractivity contribution is 5.78. The molecule has 0 fully saturated rings. The molecule has 4 nitrogen and oxygen atoms in total. The monoisotopic (exact) mass is 328 g/mol. The lowest BCUT2D eigenvalue weighted by molar-refractivity contribution is -0.137. The second-order valence-corrected chi connectivity index (χ2v) is 8.30. The number of ketones is 1. The topological polar surface area (TPSA) is 74.6 Å². The summed E-state index contributed by atoms with van der Waals surface area (Å²) in [5.74, 6) is -0.435. The van der Waals surface area contributed by atoms with Gasteiger partial charge in [0, 0.05) is 25.9 Å². The molecule has 0 atom stereocenters. The summed E-state index contributed by atoms with van der Waals surface area (Å²) < 4.78 is 0. The molecule has 136 valence electrons. The predicted molar refractivity (Wildman–Crippen MR) is 93.5 cm³/mol. The molecule has 23 heavy (non-hydrogen) atoms. The molecule has 0 aliphatic carbocycles. The zero-order valence-corrected chi connectivity index (χ0v) is 15.5. The molecule has 0 amide bonds. The second-order valence-electron chi connectivity index (χ2n) is 8.30. The van der Waals surface area contributed by atoms with E-state index in [4.69, 9.17) is 10.2 Å². The number of hydrogen-bond donors (Lipinski definition) is 2. The van der Waals surface area contributed by atoms with Crippen LogP contribution in [0.15, 0.2) is 0 Å². The van der Waals surface area contributed by atoms with Gasteiger partial charge in [-0.2, -0.15) is 0 Å². The molecule has 0 spiro atoms. The smallest absolute Gasteiger partial charge is 0.303 e. The first-order valence-electron chi connectivity index (χ1n) is 8.92. The van der Waals surface area contributed by atoms with Crippen molar-refractivity contribution in [1.82, 2.24) is 0 Å². The first kappa shape index (κ1) is 22.1. The molecule has 0 aliphatic rings. The van der Waals surface area contributed by atoms with Crippen LogP contribution in [0.1, 0.15) is 91.9 Å². The Bertz CT molecular complexity index is 358. The van der Waals surface area contributed by atoms with Crippen LogP contribution in [0.4, 0.5) is 0 Å². The molecule has 0 saturated heterocycles. The van der Waals surface area contributed by atoms with Crippen LogP contribution in [0.3, 0.4) is 0 Å². The lowest BCUT2D eigenvalue weighted by Gasteiger charge is -2.24. The van der Waals surface area contributed by atoms with Gasteiger partial charge in [-0.15, -0.1) is 0 Å². The summed E-state index contributed by atoms with van der Waals surface area (Å²) in [6.07, 6.45) is 7.60. The van der Waals surface area contributed by atoms with Crippen LogP contribution < -0.4 is 0 Å². The summed E-state index contributed by atoms with van der Waals surface area (Å²) in [7, 11) is 0. The van der Waals surface area contributed by atoms with Crippen LogP contribution in [0.2, 0.25) is 0 Å². The number of Topliss-reactive ketones (excluding diaryl/α,β-unsaturated/α-hetero) is 1. The SMILES string of the molecule is CC(C)(CCCO)CCCC(=O)CCCC(C)(C)CCC(=O)O. The Morgan fingerprint density at radius 3 is 1.61 bits per heavy atom. The number of carbonyl (C=O) groups excluding carboxylic acids is 1. The maximum absolute atomic E-state index is 12.0. The molecule has 0 aromatic rings. The standard InChI is InChI=1S/C19H36O4/c1-18(2,13-7-15-20)11-5-8-16(21)9-6-12-19(3,4)14-10-17(22)23/h20H,5-15H2,1-4H3,(H,22,23). The molecule has 2 N–H and O–H groups in total. The number of carboxylic acids is 1. The molecule has 0 unspecified atom stereocenters. The second kappa shape index (κ2) is 10.8. The average Bonchev–Trinajstić information content (AvgIpc) is 2.43. The van der Waals surface area contributed by atoms with Crippen LogP contribution in [-0.2, 0) is 9.59 Å². The minimum Gasteiger partial charge on any atom is -0.481 e. The van der Waals surface area contributed by atoms with Gasteiger partial charge in [0.1, 0.15) is 5.78 Å². The molecule has 0 aliphatic heterocycles. The molecule has 0 aromatic carbocycles. The number of aliphatic carboxylic acids is 1. The van der Waals surface area contributed by atoms with E-state index in [1.165, 1.54) is 0 Å². The van der Waals surface area contributed by atoms with Crippen molar-refractivity contribution in [1.29, 1.82) is 0 Å². The first-order valence-corrected chi connectivity index (χ1v) is 8.92. The van der Waals surface area contributed by atoms with E-state index in [2.05, 4.69) is 27.7 Å². The Balaban J connectivity index is 3.84. The van der Waals surface area contributed by atoms with E-state index in [0.29, 0.717) is 25.0 Å². The first-order chi connectivity index (χ1) is 10.6. The Labute approximate surface area is 141 Å². The number of hydrogen-bond acceptors (Lipinski definition) is 3. The quantitative estimate of drug-likeness (QED) is 0.489. The van der Waals surface area contributed by atoms with Gasteiger partial charge in [0.15, 0.2) is 0 Å². The number of aliphatic hydroxyl groups excluding tert-OH is 1. The number of carbonyl (C=O) groups is 2. The Morgan fingerprint density at radius 2 is 1.17 bits per heavy atom. The molecule has 0 rings (SSSR count). The van der Waals surface area contributed by atoms with Crippen LogP contribution in [0.25, 0.3) is 0 Å². The van der Waals surface area contributed by atoms with Crippen molar-refractivity contribution in [3.8, 4) is 0 Å². The zero-order chi connectivity index (χ0) is 17.9. The molecule has 0 aromatic heterocycles. The molecule has 0 bridgehead atoms. The van der Waals surface area contributed by atoms with Gasteiger partial charge in [-0.1, -0.05) is 27.7 Å². The van der Waals surface area contributed by atoms with Crippen LogP contribution in [0.5, 0.6) is 0 Å². The van der Waals surface area contributed by atoms with Crippen LogP contribution in [0, 0.1) is 10.8 Å². The molecule has 0 radical (unpaired) electrons. The van der Waals surface area contributed by atoms with Crippen molar-refractivity contribution in [2.24, 2.45) is 10.8 Å². The largest absolute Gasteiger partial charge is 0.481 e. The molecular weight excluding hydrogens is 292 g/mol. The summed E-state index contributed by atoms with van der Waals surface area (Å²) in [5.41, 5.74) is 0.187. The van der Waals surface area contributed by atoms with E-state index in [-0.39, 0.29) is 23.9 Å². The number of aliphatic hydroxyl groups is 1. The summed E-state index contributed by atoms with van der Waals surface area (Å²) in [6, 6.07) is 0. The summed E-state index contributed by atoms with van der Waals surface area (Å²) in [5, 5.41) is 17.6. The fraction of sp³-hybridized carbons (Fsp3) is 0.895. The van der Waals surface area contributed by atoms with Crippen molar-refractivity contribution >= 4 is 11.8 Å². The fourth-order valence-electron chi connectivity index (χ4n) is 2.91. The molecular formula is C19H36O4. The van der Waals surface area contributed by atoms with Crippen LogP contribution >= 0.6 is 0 Å². The van der Waals surface area contributed by atoms with Gasteiger partial charge in [-0.3, -0.25) is 9.59 Å². The van der Waals surface area contributed by atoms with Crippen molar-refractivity contribution < 1.29 is 19.8 Å². The van der Waals surface area contributed by atoms with Crippen molar-refractivity contribution in [2.75, 3.05) is 6.61 Å². The lowest BCUT2D eigenvalue weighted by atomic mass is 9.81. The highest BCUT2D eigenvalue weighted by Gasteiger charge is 2.20. The summed E-state index contributed by atoms with van der Waals surface area (Å²) >= 11 is 0. The van der Waals surface area contributed by atoms with Crippen molar-refractivity contribution in [3.05, 3.63) is 0 Å². The highest BCUT2D eigenvalue weighted by atomic mass is 16.4. The Kier molecular flexibility index (Phi) is 10.4. The summed E-state index contributed by atoms with van der Waals surface area (Å²) in [6.45, 7) is 8.77. The highest BCUT2D eigenvalue weighted by Crippen LogP contribution is 2.30. The lowest BCUT2D eigenvalue weighted by Crippen LogP contribution is -2.15. The van der Waals surface area contributed by atoms with Gasteiger partial charge >= 0.3 is 5.97 Å². The van der Waals surface area contributed by atoms with E-state index in [0.717, 1.165) is 38.5 Å². The van der Waals surface area contributed by atoms with E-state index < -0.39 is 5.97 Å². The fourth-order valence-corrected chi connectivity index (χ4v) is 2.91. The Hall–Kier alpha value is -0.900. The third kappa shape index (κ3) is 13.3. The maximum Gasteiger partial charge on any atom is 0.303 e. The zero-order valence-electron chi connectivity index (χ0n) is 15.5. The normalized spacial score (nSPS) is 12.4. The van der Waals surface area contributed by atoms with Gasteiger partial charge in [-0.05, 0) is 55.8 Å². The van der Waals surface area contributed by atoms with Crippen LogP contribution in [-0.4, -0.2) is 28.6 Å². The minimum absolute atomic E-state index is 0.00897. The van der Waals surface area contributed by atoms with Crippen molar-refractivity contribution in [2.45, 2.75) is 91.9 Å². The maximum atomic E-state index is 12.0. The minimum atomic E-state index is -0.752. The van der Waals surface area contributed by atoms with Gasteiger partial charge < -0.3 is 10.2 Å². The third-order valence-electron chi connectivity index (χ3n) is 4.65. The predicted octanol–water partition coefficient (Wildman–Crippen LogP) is 4.59. The van der Waals surface area contributed by atoms with Crippen molar-refractivity contribution in [3.63, 3.8) is 0 Å². The van der Waals surface area contributed by atoms with Gasteiger partial charge in [-0.25, -0.2) is 0 Å². The van der Waals surface area contributed by atoms with E-state index in [9.17, 15) is 9.59 Å². The molecule has 0 heterocycles. The number of rotatable bonds is 14. The van der Waals surface area contributed by atoms with Gasteiger partial charge in [0.25, 0.3) is 0 Å². The number of carboxylic acid groups (broad SMARTS) is 1. The van der Waals surface area contributed by atoms with E-state index >= 15 is 0 Å². The third-order valence-corrected chi connectivity index (χ3v) is 4.65. The molecule has 4 heteroatoms. The van der Waals surface area contributed by atoms with E-state index in [1.54, 1.807) is 0 Å². The molecule has 0 saturated carbocycles. The average molecular weight is 328 g/mol. The van der Waals surface area contributed by atoms with Gasteiger partial charge in [0.2, 0.25) is 0 Å².